The SMILES string of the molecule is CCCN(N)c1nc(-c2ccc(OC)c(OC)c2)n(C)c(=O)n1. The highest BCUT2D eigenvalue weighted by atomic mass is 16.5. The van der Waals surface area contributed by atoms with Crippen LogP contribution in [0, 0.1) is 0 Å². The minimum Gasteiger partial charge on any atom is -0.493 e. The molecule has 2 aromatic rings. The van der Waals surface area contributed by atoms with E-state index in [1.807, 2.05) is 6.92 Å². The Balaban J connectivity index is 2.56. The average Bonchev–Trinajstić information content (AvgIpc) is 2.56. The van der Waals surface area contributed by atoms with E-state index in [4.69, 9.17) is 15.3 Å². The Morgan fingerprint density at radius 2 is 1.91 bits per heavy atom. The fourth-order valence-corrected chi connectivity index (χ4v) is 2.15. The van der Waals surface area contributed by atoms with Crippen LogP contribution in [0.15, 0.2) is 23.0 Å². The molecule has 8 heteroatoms. The summed E-state index contributed by atoms with van der Waals surface area (Å²) in [6.07, 6.45) is 0.820. The number of hydrazine groups is 1. The lowest BCUT2D eigenvalue weighted by molar-refractivity contribution is 0.355. The second-order valence-corrected chi connectivity index (χ2v) is 4.95. The van der Waals surface area contributed by atoms with E-state index in [9.17, 15) is 4.79 Å². The summed E-state index contributed by atoms with van der Waals surface area (Å²) in [6, 6.07) is 5.31. The van der Waals surface area contributed by atoms with Gasteiger partial charge in [-0.2, -0.15) is 9.97 Å². The molecule has 0 unspecified atom stereocenters. The first kappa shape index (κ1) is 16.8. The number of methoxy groups -OCH3 is 2. The Hall–Kier alpha value is -2.61. The summed E-state index contributed by atoms with van der Waals surface area (Å²) >= 11 is 0. The second-order valence-electron chi connectivity index (χ2n) is 4.95. The van der Waals surface area contributed by atoms with E-state index in [1.54, 1.807) is 39.5 Å². The highest BCUT2D eigenvalue weighted by Crippen LogP contribution is 2.31. The largest absolute Gasteiger partial charge is 0.493 e. The van der Waals surface area contributed by atoms with Crippen LogP contribution in [0.25, 0.3) is 11.4 Å². The molecule has 0 aliphatic carbocycles. The molecule has 1 aromatic heterocycles. The molecule has 0 bridgehead atoms. The first-order valence-electron chi connectivity index (χ1n) is 7.21. The predicted molar refractivity (Wildman–Crippen MR) is 87.6 cm³/mol. The lowest BCUT2D eigenvalue weighted by atomic mass is 10.2. The Bertz CT molecular complexity index is 744. The van der Waals surface area contributed by atoms with E-state index >= 15 is 0 Å². The van der Waals surface area contributed by atoms with Gasteiger partial charge in [0.1, 0.15) is 5.82 Å². The van der Waals surface area contributed by atoms with Gasteiger partial charge in [0.05, 0.1) is 14.2 Å². The Labute approximate surface area is 134 Å². The van der Waals surface area contributed by atoms with Crippen LogP contribution in [0.1, 0.15) is 13.3 Å². The Morgan fingerprint density at radius 3 is 2.52 bits per heavy atom. The van der Waals surface area contributed by atoms with Gasteiger partial charge in [-0.3, -0.25) is 9.58 Å². The number of hydrogen-bond acceptors (Lipinski definition) is 7. The van der Waals surface area contributed by atoms with Crippen LogP contribution in [0.3, 0.4) is 0 Å². The van der Waals surface area contributed by atoms with Crippen LogP contribution in [0.2, 0.25) is 0 Å². The van der Waals surface area contributed by atoms with Gasteiger partial charge in [0.25, 0.3) is 0 Å². The molecule has 2 rings (SSSR count). The van der Waals surface area contributed by atoms with E-state index in [-0.39, 0.29) is 5.95 Å². The molecule has 8 nitrogen and oxygen atoms in total. The van der Waals surface area contributed by atoms with Crippen LogP contribution < -0.4 is 26.0 Å². The third-order valence-electron chi connectivity index (χ3n) is 3.37. The molecule has 0 aliphatic heterocycles. The number of ether oxygens (including phenoxy) is 2. The summed E-state index contributed by atoms with van der Waals surface area (Å²) in [5, 5.41) is 1.37. The highest BCUT2D eigenvalue weighted by Gasteiger charge is 2.14. The molecule has 0 aliphatic rings. The van der Waals surface area contributed by atoms with Gasteiger partial charge in [0.15, 0.2) is 11.5 Å². The van der Waals surface area contributed by atoms with Crippen molar-refractivity contribution < 1.29 is 9.47 Å². The zero-order chi connectivity index (χ0) is 17.0. The molecule has 1 heterocycles. The normalized spacial score (nSPS) is 10.5. The maximum atomic E-state index is 12.1. The lowest BCUT2D eigenvalue weighted by Gasteiger charge is -2.17. The van der Waals surface area contributed by atoms with Gasteiger partial charge in [0, 0.05) is 19.2 Å². The van der Waals surface area contributed by atoms with Gasteiger partial charge in [-0.25, -0.2) is 10.6 Å². The molecule has 1 aromatic carbocycles. The standard InChI is InChI=1S/C15H21N5O3/c1-5-8-20(16)14-17-13(19(2)15(21)18-14)10-6-7-11(22-3)12(9-10)23-4/h6-7,9H,5,8,16H2,1-4H3. The summed E-state index contributed by atoms with van der Waals surface area (Å²) in [7, 11) is 4.72. The third-order valence-corrected chi connectivity index (χ3v) is 3.37. The van der Waals surface area contributed by atoms with E-state index < -0.39 is 5.69 Å². The van der Waals surface area contributed by atoms with Crippen molar-refractivity contribution in [2.45, 2.75) is 13.3 Å². The topological polar surface area (TPSA) is 95.5 Å². The molecular formula is C15H21N5O3. The Morgan fingerprint density at radius 1 is 1.22 bits per heavy atom. The molecule has 0 saturated heterocycles. The predicted octanol–water partition coefficient (Wildman–Crippen LogP) is 0.950. The summed E-state index contributed by atoms with van der Waals surface area (Å²) in [5.74, 6) is 7.68. The van der Waals surface area contributed by atoms with Gasteiger partial charge in [-0.05, 0) is 24.6 Å². The number of nitrogens with zero attached hydrogens (tertiary/aromatic N) is 4. The maximum absolute atomic E-state index is 12.1. The van der Waals surface area contributed by atoms with Crippen molar-refractivity contribution >= 4 is 5.95 Å². The Kier molecular flexibility index (Phi) is 5.17. The second kappa shape index (κ2) is 7.10. The minimum atomic E-state index is -0.425. The fraction of sp³-hybridized carbons (Fsp3) is 0.400. The number of anilines is 1. The van der Waals surface area contributed by atoms with Crippen LogP contribution in [0.5, 0.6) is 11.5 Å². The number of nitrogens with two attached hydrogens (primary N) is 1. The summed E-state index contributed by atoms with van der Waals surface area (Å²) < 4.78 is 11.9. The summed E-state index contributed by atoms with van der Waals surface area (Å²) in [6.45, 7) is 2.54. The van der Waals surface area contributed by atoms with Crippen LogP contribution >= 0.6 is 0 Å². The molecule has 2 N–H and O–H groups in total. The quantitative estimate of drug-likeness (QED) is 0.625. The van der Waals surface area contributed by atoms with Crippen molar-refractivity contribution in [3.63, 3.8) is 0 Å². The third kappa shape index (κ3) is 3.42. The smallest absolute Gasteiger partial charge is 0.352 e. The van der Waals surface area contributed by atoms with Crippen LogP contribution in [0.4, 0.5) is 5.95 Å². The summed E-state index contributed by atoms with van der Waals surface area (Å²) in [5.41, 5.74) is 0.280. The molecule has 0 radical (unpaired) electrons. The van der Waals surface area contributed by atoms with E-state index in [0.29, 0.717) is 29.4 Å². The number of rotatable bonds is 6. The molecule has 23 heavy (non-hydrogen) atoms. The van der Waals surface area contributed by atoms with E-state index in [0.717, 1.165) is 6.42 Å². The molecule has 0 fully saturated rings. The first-order chi connectivity index (χ1) is 11.0. The zero-order valence-corrected chi connectivity index (χ0v) is 13.7. The summed E-state index contributed by atoms with van der Waals surface area (Å²) in [4.78, 5) is 20.4. The number of hydrogen-bond donors (Lipinski definition) is 1. The van der Waals surface area contributed by atoms with Crippen molar-refractivity contribution in [1.29, 1.82) is 0 Å². The molecular weight excluding hydrogens is 298 g/mol. The molecule has 0 atom stereocenters. The monoisotopic (exact) mass is 319 g/mol. The molecule has 0 saturated carbocycles. The number of benzene rings is 1. The lowest BCUT2D eigenvalue weighted by Crippen LogP contribution is -2.36. The molecule has 0 spiro atoms. The first-order valence-corrected chi connectivity index (χ1v) is 7.21. The van der Waals surface area contributed by atoms with Gasteiger partial charge < -0.3 is 9.47 Å². The van der Waals surface area contributed by atoms with Crippen molar-refractivity contribution in [3.8, 4) is 22.9 Å². The fourth-order valence-electron chi connectivity index (χ4n) is 2.15. The van der Waals surface area contributed by atoms with Crippen molar-refractivity contribution in [2.75, 3.05) is 25.8 Å². The molecule has 124 valence electrons. The van der Waals surface area contributed by atoms with Gasteiger partial charge in [0.2, 0.25) is 5.95 Å². The number of aromatic nitrogens is 3. The van der Waals surface area contributed by atoms with E-state index in [1.165, 1.54) is 9.58 Å². The molecule has 0 amide bonds. The van der Waals surface area contributed by atoms with Crippen LogP contribution in [-0.2, 0) is 7.05 Å². The van der Waals surface area contributed by atoms with Gasteiger partial charge in [-0.1, -0.05) is 6.92 Å². The van der Waals surface area contributed by atoms with Gasteiger partial charge >= 0.3 is 5.69 Å². The maximum Gasteiger partial charge on any atom is 0.352 e. The van der Waals surface area contributed by atoms with Gasteiger partial charge in [-0.15, -0.1) is 0 Å². The minimum absolute atomic E-state index is 0.194. The zero-order valence-electron chi connectivity index (χ0n) is 13.7. The van der Waals surface area contributed by atoms with Crippen molar-refractivity contribution in [3.05, 3.63) is 28.7 Å². The van der Waals surface area contributed by atoms with Crippen molar-refractivity contribution in [1.82, 2.24) is 14.5 Å². The van der Waals surface area contributed by atoms with Crippen LogP contribution in [-0.4, -0.2) is 35.3 Å². The average molecular weight is 319 g/mol. The highest BCUT2D eigenvalue weighted by molar-refractivity contribution is 5.62. The van der Waals surface area contributed by atoms with Crippen molar-refractivity contribution in [2.24, 2.45) is 12.9 Å². The van der Waals surface area contributed by atoms with E-state index in [2.05, 4.69) is 9.97 Å².